The van der Waals surface area contributed by atoms with Gasteiger partial charge in [0.25, 0.3) is 0 Å². The van der Waals surface area contributed by atoms with E-state index in [1.165, 1.54) is 44.6 Å². The molecular weight excluding hydrogens is 945 g/mol. The number of ether oxygens (including phenoxy) is 3. The molecule has 0 aromatic carbocycles. The number of phosphoric ester groups is 2. The second-order valence-corrected chi connectivity index (χ2v) is 20.7. The van der Waals surface area contributed by atoms with Crippen LogP contribution in [0.5, 0.6) is 0 Å². The van der Waals surface area contributed by atoms with Crippen molar-refractivity contribution < 1.29 is 66.3 Å². The first-order valence-corrected chi connectivity index (χ1v) is 28.6. The molecule has 1 fully saturated rings. The number of rotatable bonds is 42. The van der Waals surface area contributed by atoms with Crippen molar-refractivity contribution in [2.75, 3.05) is 25.6 Å². The van der Waals surface area contributed by atoms with Crippen molar-refractivity contribution >= 4 is 33.4 Å². The maximum absolute atomic E-state index is 12.9. The summed E-state index contributed by atoms with van der Waals surface area (Å²) < 4.78 is 56.8. The topological polar surface area (TPSA) is 265 Å². The number of hydrogen-bond donors (Lipinski definition) is 5. The molecule has 20 heteroatoms. The van der Waals surface area contributed by atoms with Gasteiger partial charge in [-0.05, 0) is 83.1 Å². The molecule has 6 N–H and O–H groups in total. The van der Waals surface area contributed by atoms with Crippen LogP contribution < -0.4 is 11.4 Å². The lowest BCUT2D eigenvalue weighted by Crippen LogP contribution is -2.36. The molecule has 2 heterocycles. The van der Waals surface area contributed by atoms with Crippen molar-refractivity contribution in [2.24, 2.45) is 0 Å². The molecule has 1 aliphatic rings. The number of nitrogens with two attached hydrogens (primary N) is 1. The van der Waals surface area contributed by atoms with E-state index in [4.69, 9.17) is 29.0 Å². The lowest BCUT2D eigenvalue weighted by Gasteiger charge is -2.21. The SMILES string of the molecule is CCCCC/C=C\C/C=C\CCCCCCCCCC(=O)OC[C@H](COP(=O)(O)OP(=O)(O)OC[C@H]1O[C@@H](n2ccc(N)nc2=O)C(O)[C@H]1O)OC(=O)CCCCCCC/C=C\C/C=C\CCCCC. The van der Waals surface area contributed by atoms with Crippen molar-refractivity contribution in [3.63, 3.8) is 0 Å². The predicted octanol–water partition coefficient (Wildman–Crippen LogP) is 10.6. The normalized spacial score (nSPS) is 19.6. The zero-order valence-electron chi connectivity index (χ0n) is 41.8. The highest BCUT2D eigenvalue weighted by Crippen LogP contribution is 2.60. The first kappa shape index (κ1) is 62.8. The van der Waals surface area contributed by atoms with Crippen LogP contribution in [-0.2, 0) is 46.3 Å². The standard InChI is InChI=1S/C50H85N3O15P2/c1-3-5-7-9-11-13-15-17-19-20-22-23-25-27-29-31-33-35-45(54)63-39-42(66-46(55)36-34-32-30-28-26-24-21-18-16-14-12-10-8-6-4-2)40-64-69(59,60)68-70(61,62)65-41-43-47(56)48(57)49(67-43)53-38-37-44(51)52-50(53)58/h11-14,17-19,21,37-38,42-43,47-49,56-57H,3-10,15-16,20,22-36,39-41H2,1-2H3,(H,59,60)(H,61,62)(H2,51,52,58)/b13-11-,14-12-,19-17-,21-18-/t42-,43-,47+,48?,49-/m1/s1. The van der Waals surface area contributed by atoms with Crippen LogP contribution in [0.3, 0.4) is 0 Å². The zero-order chi connectivity index (χ0) is 51.3. The van der Waals surface area contributed by atoms with Crippen LogP contribution in [-0.4, -0.2) is 85.7 Å². The second-order valence-electron chi connectivity index (χ2n) is 17.7. The number of allylic oxidation sites excluding steroid dienone is 8. The highest BCUT2D eigenvalue weighted by molar-refractivity contribution is 7.61. The Morgan fingerprint density at radius 2 is 1.16 bits per heavy atom. The molecule has 1 aromatic heterocycles. The molecule has 2 rings (SSSR count). The van der Waals surface area contributed by atoms with Gasteiger partial charge in [0.15, 0.2) is 12.3 Å². The Bertz CT molecular complexity index is 1860. The van der Waals surface area contributed by atoms with Gasteiger partial charge in [-0.3, -0.25) is 23.2 Å². The van der Waals surface area contributed by atoms with E-state index < -0.39 is 83.7 Å². The van der Waals surface area contributed by atoms with E-state index in [-0.39, 0.29) is 18.7 Å². The molecule has 0 amide bonds. The number of aliphatic hydroxyl groups excluding tert-OH is 2. The highest BCUT2D eigenvalue weighted by Gasteiger charge is 2.46. The van der Waals surface area contributed by atoms with Gasteiger partial charge in [0.05, 0.1) is 13.2 Å². The number of nitrogens with zero attached hydrogens (tertiary/aromatic N) is 2. The van der Waals surface area contributed by atoms with E-state index in [1.54, 1.807) is 0 Å². The largest absolute Gasteiger partial charge is 0.481 e. The number of aromatic nitrogens is 2. The van der Waals surface area contributed by atoms with E-state index in [0.29, 0.717) is 12.8 Å². The third-order valence-electron chi connectivity index (χ3n) is 11.4. The van der Waals surface area contributed by atoms with Gasteiger partial charge in [-0.1, -0.05) is 140 Å². The summed E-state index contributed by atoms with van der Waals surface area (Å²) in [6, 6.07) is 1.25. The smallest absolute Gasteiger partial charge is 0.462 e. The van der Waals surface area contributed by atoms with Crippen molar-refractivity contribution in [1.29, 1.82) is 0 Å². The van der Waals surface area contributed by atoms with Crippen LogP contribution in [0.4, 0.5) is 5.82 Å². The van der Waals surface area contributed by atoms with Gasteiger partial charge in [0, 0.05) is 19.0 Å². The molecule has 3 unspecified atom stereocenters. The lowest BCUT2D eigenvalue weighted by molar-refractivity contribution is -0.161. The van der Waals surface area contributed by atoms with Crippen LogP contribution in [0.1, 0.15) is 187 Å². The molecule has 1 aromatic rings. The van der Waals surface area contributed by atoms with Gasteiger partial charge in [-0.15, -0.1) is 0 Å². The Labute approximate surface area is 416 Å². The second kappa shape index (κ2) is 38.4. The minimum atomic E-state index is -5.43. The van der Waals surface area contributed by atoms with Crippen molar-refractivity contribution in [2.45, 2.75) is 211 Å². The van der Waals surface area contributed by atoms with E-state index in [2.05, 4.69) is 71.8 Å². The minimum Gasteiger partial charge on any atom is -0.462 e. The van der Waals surface area contributed by atoms with Gasteiger partial charge in [-0.25, -0.2) is 13.9 Å². The summed E-state index contributed by atoms with van der Waals surface area (Å²) in [6.07, 6.45) is 36.1. The average Bonchev–Trinajstić information content (AvgIpc) is 3.59. The molecule has 0 bridgehead atoms. The summed E-state index contributed by atoms with van der Waals surface area (Å²) in [6.45, 7) is 2.09. The Hall–Kier alpha value is -3.28. The Kier molecular flexibility index (Phi) is 34.4. The molecule has 18 nitrogen and oxygen atoms in total. The number of esters is 2. The van der Waals surface area contributed by atoms with Crippen LogP contribution in [0.2, 0.25) is 0 Å². The Balaban J connectivity index is 1.80. The molecule has 7 atom stereocenters. The summed E-state index contributed by atoms with van der Waals surface area (Å²) >= 11 is 0. The zero-order valence-corrected chi connectivity index (χ0v) is 43.6. The van der Waals surface area contributed by atoms with Crippen LogP contribution in [0, 0.1) is 0 Å². The first-order valence-electron chi connectivity index (χ1n) is 25.6. The fourth-order valence-corrected chi connectivity index (χ4v) is 9.48. The maximum atomic E-state index is 12.9. The molecular formula is C50H85N3O15P2. The van der Waals surface area contributed by atoms with Gasteiger partial charge in [0.1, 0.15) is 30.7 Å². The van der Waals surface area contributed by atoms with Crippen LogP contribution >= 0.6 is 15.6 Å². The van der Waals surface area contributed by atoms with E-state index in [0.717, 1.165) is 113 Å². The average molecular weight is 1030 g/mol. The molecule has 1 aliphatic heterocycles. The number of aliphatic hydroxyl groups is 2. The third-order valence-corrected chi connectivity index (χ3v) is 14.0. The van der Waals surface area contributed by atoms with E-state index in [9.17, 15) is 43.5 Å². The maximum Gasteiger partial charge on any atom is 0.481 e. The van der Waals surface area contributed by atoms with Crippen molar-refractivity contribution in [1.82, 2.24) is 9.55 Å². The molecule has 1 saturated heterocycles. The summed E-state index contributed by atoms with van der Waals surface area (Å²) in [5, 5.41) is 20.9. The molecule has 0 aliphatic carbocycles. The number of carbonyl (C=O) groups excluding carboxylic acids is 2. The fraction of sp³-hybridized carbons (Fsp3) is 0.720. The van der Waals surface area contributed by atoms with Gasteiger partial charge in [0.2, 0.25) is 0 Å². The predicted molar refractivity (Wildman–Crippen MR) is 270 cm³/mol. The van der Waals surface area contributed by atoms with E-state index in [1.807, 2.05) is 0 Å². The summed E-state index contributed by atoms with van der Waals surface area (Å²) in [5.74, 6) is -1.32. The number of anilines is 1. The Morgan fingerprint density at radius 3 is 1.67 bits per heavy atom. The number of nitrogen functional groups attached to an aromatic ring is 1. The van der Waals surface area contributed by atoms with Crippen molar-refractivity contribution in [3.8, 4) is 0 Å². The molecule has 400 valence electrons. The summed E-state index contributed by atoms with van der Waals surface area (Å²) in [4.78, 5) is 61.9. The fourth-order valence-electron chi connectivity index (χ4n) is 7.37. The summed E-state index contributed by atoms with van der Waals surface area (Å²) in [7, 11) is -10.9. The number of unbranched alkanes of at least 4 members (excludes halogenated alkanes) is 18. The molecule has 0 spiro atoms. The molecule has 0 radical (unpaired) electrons. The van der Waals surface area contributed by atoms with Gasteiger partial charge < -0.3 is 39.9 Å². The molecule has 0 saturated carbocycles. The third kappa shape index (κ3) is 30.6. The monoisotopic (exact) mass is 1030 g/mol. The van der Waals surface area contributed by atoms with Gasteiger partial charge >= 0.3 is 33.3 Å². The highest BCUT2D eigenvalue weighted by atomic mass is 31.3. The molecule has 70 heavy (non-hydrogen) atoms. The van der Waals surface area contributed by atoms with Crippen LogP contribution in [0.15, 0.2) is 65.7 Å². The quantitative estimate of drug-likeness (QED) is 0.0176. The van der Waals surface area contributed by atoms with Crippen LogP contribution in [0.25, 0.3) is 0 Å². The van der Waals surface area contributed by atoms with Gasteiger partial charge in [-0.2, -0.15) is 9.29 Å². The van der Waals surface area contributed by atoms with E-state index >= 15 is 0 Å². The Morgan fingerprint density at radius 1 is 0.686 bits per heavy atom. The number of carbonyl (C=O) groups is 2. The minimum absolute atomic E-state index is 0.0313. The van der Waals surface area contributed by atoms with Crippen molar-refractivity contribution in [3.05, 3.63) is 71.4 Å². The first-order chi connectivity index (χ1) is 33.7. The summed E-state index contributed by atoms with van der Waals surface area (Å²) in [5.41, 5.74) is 4.59. The number of hydrogen-bond acceptors (Lipinski definition) is 15. The number of phosphoric acid groups is 2. The lowest BCUT2D eigenvalue weighted by atomic mass is 10.1.